The zero-order valence-electron chi connectivity index (χ0n) is 16.1. The number of carbonyl (C=O) groups excluding carboxylic acids is 2. The Hall–Kier alpha value is -2.53. The molecule has 0 bridgehead atoms. The summed E-state index contributed by atoms with van der Waals surface area (Å²) in [6.07, 6.45) is 0.989. The predicted octanol–water partition coefficient (Wildman–Crippen LogP) is 4.60. The van der Waals surface area contributed by atoms with Crippen molar-refractivity contribution in [2.24, 2.45) is 0 Å². The number of nitrogens with one attached hydrogen (secondary N) is 1. The molecule has 0 aliphatic heterocycles. The van der Waals surface area contributed by atoms with Crippen LogP contribution in [0, 0.1) is 6.92 Å². The number of methoxy groups -OCH3 is 1. The van der Waals surface area contributed by atoms with E-state index >= 15 is 0 Å². The van der Waals surface area contributed by atoms with Gasteiger partial charge in [-0.05, 0) is 42.7 Å². The minimum Gasteiger partial charge on any atom is -0.495 e. The van der Waals surface area contributed by atoms with E-state index in [9.17, 15) is 9.59 Å². The van der Waals surface area contributed by atoms with E-state index in [1.807, 2.05) is 32.0 Å². The van der Waals surface area contributed by atoms with E-state index in [2.05, 4.69) is 5.32 Å². The summed E-state index contributed by atoms with van der Waals surface area (Å²) in [6, 6.07) is 11.0. The number of amides is 2. The maximum absolute atomic E-state index is 12.5. The van der Waals surface area contributed by atoms with Gasteiger partial charge in [0.15, 0.2) is 0 Å². The van der Waals surface area contributed by atoms with E-state index in [1.165, 1.54) is 18.9 Å². The van der Waals surface area contributed by atoms with E-state index in [-0.39, 0.29) is 24.8 Å². The molecule has 0 spiro atoms. The molecule has 0 heterocycles. The summed E-state index contributed by atoms with van der Waals surface area (Å²) < 4.78 is 5.33. The van der Waals surface area contributed by atoms with Crippen LogP contribution >= 0.6 is 11.6 Å². The molecule has 0 aliphatic rings. The van der Waals surface area contributed by atoms with Crippen LogP contribution < -0.4 is 15.0 Å². The first kappa shape index (κ1) is 20.8. The Morgan fingerprint density at radius 1 is 1.22 bits per heavy atom. The number of hydrogen-bond donors (Lipinski definition) is 1. The van der Waals surface area contributed by atoms with Gasteiger partial charge in [-0.3, -0.25) is 9.59 Å². The van der Waals surface area contributed by atoms with Crippen molar-refractivity contribution in [3.63, 3.8) is 0 Å². The van der Waals surface area contributed by atoms with Gasteiger partial charge in [-0.1, -0.05) is 36.7 Å². The number of carbonyl (C=O) groups is 2. The minimum atomic E-state index is -0.187. The van der Waals surface area contributed by atoms with Crippen LogP contribution in [-0.2, 0) is 16.0 Å². The molecule has 1 N–H and O–H groups in total. The fourth-order valence-corrected chi connectivity index (χ4v) is 3.11. The van der Waals surface area contributed by atoms with Crippen molar-refractivity contribution in [1.29, 1.82) is 0 Å². The Morgan fingerprint density at radius 2 is 1.96 bits per heavy atom. The highest BCUT2D eigenvalue weighted by Gasteiger charge is 2.18. The van der Waals surface area contributed by atoms with E-state index in [0.29, 0.717) is 16.5 Å². The molecule has 0 atom stereocenters. The number of anilines is 2. The molecular formula is C21H25ClN2O3. The summed E-state index contributed by atoms with van der Waals surface area (Å²) in [7, 11) is 1.53. The topological polar surface area (TPSA) is 58.6 Å². The third-order valence-corrected chi connectivity index (χ3v) is 4.61. The van der Waals surface area contributed by atoms with Crippen LogP contribution in [0.2, 0.25) is 5.02 Å². The number of para-hydroxylation sites is 1. The summed E-state index contributed by atoms with van der Waals surface area (Å²) in [6.45, 7) is 5.70. The van der Waals surface area contributed by atoms with Crippen molar-refractivity contribution < 1.29 is 14.3 Å². The molecule has 2 aromatic rings. The van der Waals surface area contributed by atoms with Gasteiger partial charge in [0, 0.05) is 30.6 Å². The van der Waals surface area contributed by atoms with Crippen LogP contribution in [-0.4, -0.2) is 25.5 Å². The third kappa shape index (κ3) is 5.23. The van der Waals surface area contributed by atoms with Crippen LogP contribution in [0.25, 0.3) is 0 Å². The Labute approximate surface area is 165 Å². The van der Waals surface area contributed by atoms with Crippen molar-refractivity contribution in [3.05, 3.63) is 52.5 Å². The highest BCUT2D eigenvalue weighted by atomic mass is 35.5. The van der Waals surface area contributed by atoms with Crippen molar-refractivity contribution in [3.8, 4) is 5.75 Å². The SMILES string of the molecule is CCc1cccc(C)c1NC(=O)CCN(C(C)=O)c1cc(Cl)ccc1OC. The molecule has 0 fully saturated rings. The molecule has 0 saturated heterocycles. The van der Waals surface area contributed by atoms with Crippen molar-refractivity contribution in [1.82, 2.24) is 0 Å². The van der Waals surface area contributed by atoms with Gasteiger partial charge in [0.05, 0.1) is 12.8 Å². The molecule has 144 valence electrons. The van der Waals surface area contributed by atoms with Crippen molar-refractivity contribution in [2.45, 2.75) is 33.6 Å². The van der Waals surface area contributed by atoms with E-state index in [0.717, 1.165) is 23.2 Å². The fourth-order valence-electron chi connectivity index (χ4n) is 2.94. The predicted molar refractivity (Wildman–Crippen MR) is 110 cm³/mol. The Morgan fingerprint density at radius 3 is 2.59 bits per heavy atom. The standard InChI is InChI=1S/C21H25ClN2O3/c1-5-16-8-6-7-14(2)21(16)23-20(26)11-12-24(15(3)25)18-13-17(22)9-10-19(18)27-4/h6-10,13H,5,11-12H2,1-4H3,(H,23,26). The number of ether oxygens (including phenoxy) is 1. The Bertz CT molecular complexity index is 836. The number of nitrogens with zero attached hydrogens (tertiary/aromatic N) is 1. The normalized spacial score (nSPS) is 10.4. The van der Waals surface area contributed by atoms with Gasteiger partial charge in [0.25, 0.3) is 0 Å². The summed E-state index contributed by atoms with van der Waals surface area (Å²) in [4.78, 5) is 26.2. The van der Waals surface area contributed by atoms with Crippen LogP contribution in [0.15, 0.2) is 36.4 Å². The maximum atomic E-state index is 12.5. The molecule has 6 heteroatoms. The molecule has 0 unspecified atom stereocenters. The summed E-state index contributed by atoms with van der Waals surface area (Å²) in [5, 5.41) is 3.48. The van der Waals surface area contributed by atoms with Gasteiger partial charge >= 0.3 is 0 Å². The van der Waals surface area contributed by atoms with Gasteiger partial charge in [-0.2, -0.15) is 0 Å². The molecule has 2 aromatic carbocycles. The molecule has 0 saturated carbocycles. The van der Waals surface area contributed by atoms with Crippen molar-refractivity contribution >= 4 is 34.8 Å². The lowest BCUT2D eigenvalue weighted by atomic mass is 10.1. The van der Waals surface area contributed by atoms with Gasteiger partial charge in [0.2, 0.25) is 11.8 Å². The zero-order valence-corrected chi connectivity index (χ0v) is 16.9. The van der Waals surface area contributed by atoms with E-state index in [1.54, 1.807) is 18.2 Å². The molecule has 5 nitrogen and oxygen atoms in total. The second-order valence-electron chi connectivity index (χ2n) is 6.25. The van der Waals surface area contributed by atoms with Crippen LogP contribution in [0.4, 0.5) is 11.4 Å². The molecule has 2 amide bonds. The fraction of sp³-hybridized carbons (Fsp3) is 0.333. The van der Waals surface area contributed by atoms with Gasteiger partial charge < -0.3 is 15.0 Å². The van der Waals surface area contributed by atoms with Gasteiger partial charge in [-0.25, -0.2) is 0 Å². The van der Waals surface area contributed by atoms with Gasteiger partial charge in [-0.15, -0.1) is 0 Å². The number of aryl methyl sites for hydroxylation is 2. The quantitative estimate of drug-likeness (QED) is 0.754. The molecular weight excluding hydrogens is 364 g/mol. The maximum Gasteiger partial charge on any atom is 0.226 e. The molecule has 0 aliphatic carbocycles. The largest absolute Gasteiger partial charge is 0.495 e. The summed E-state index contributed by atoms with van der Waals surface area (Å²) in [5.41, 5.74) is 3.50. The second kappa shape index (κ2) is 9.42. The zero-order chi connectivity index (χ0) is 20.0. The highest BCUT2D eigenvalue weighted by molar-refractivity contribution is 6.31. The first-order chi connectivity index (χ1) is 12.9. The molecule has 0 aromatic heterocycles. The van der Waals surface area contributed by atoms with Crippen molar-refractivity contribution in [2.75, 3.05) is 23.9 Å². The van der Waals surface area contributed by atoms with E-state index in [4.69, 9.17) is 16.3 Å². The third-order valence-electron chi connectivity index (χ3n) is 4.38. The monoisotopic (exact) mass is 388 g/mol. The average Bonchev–Trinajstić information content (AvgIpc) is 2.63. The lowest BCUT2D eigenvalue weighted by Crippen LogP contribution is -2.32. The first-order valence-electron chi connectivity index (χ1n) is 8.87. The molecule has 27 heavy (non-hydrogen) atoms. The lowest BCUT2D eigenvalue weighted by Gasteiger charge is -2.23. The Kier molecular flexibility index (Phi) is 7.25. The number of benzene rings is 2. The summed E-state index contributed by atoms with van der Waals surface area (Å²) >= 11 is 6.07. The average molecular weight is 389 g/mol. The second-order valence-corrected chi connectivity index (χ2v) is 6.68. The number of hydrogen-bond acceptors (Lipinski definition) is 3. The van der Waals surface area contributed by atoms with Crippen LogP contribution in [0.5, 0.6) is 5.75 Å². The molecule has 2 rings (SSSR count). The lowest BCUT2D eigenvalue weighted by molar-refractivity contribution is -0.117. The smallest absolute Gasteiger partial charge is 0.226 e. The number of rotatable bonds is 7. The van der Waals surface area contributed by atoms with Crippen LogP contribution in [0.3, 0.4) is 0 Å². The number of halogens is 1. The summed E-state index contributed by atoms with van der Waals surface area (Å²) in [5.74, 6) is 0.196. The Balaban J connectivity index is 2.14. The molecule has 0 radical (unpaired) electrons. The first-order valence-corrected chi connectivity index (χ1v) is 9.25. The minimum absolute atomic E-state index is 0.147. The van der Waals surface area contributed by atoms with Crippen LogP contribution in [0.1, 0.15) is 31.4 Å². The van der Waals surface area contributed by atoms with Gasteiger partial charge in [0.1, 0.15) is 5.75 Å². The highest BCUT2D eigenvalue weighted by Crippen LogP contribution is 2.31. The van der Waals surface area contributed by atoms with E-state index < -0.39 is 0 Å².